The number of rotatable bonds is 3. The highest BCUT2D eigenvalue weighted by Gasteiger charge is 2.23. The van der Waals surface area contributed by atoms with E-state index < -0.39 is 5.97 Å². The third kappa shape index (κ3) is 3.09. The minimum absolute atomic E-state index is 0.169. The number of hydrogen-bond acceptors (Lipinski definition) is 4. The first-order valence-corrected chi connectivity index (χ1v) is 9.57. The quantitative estimate of drug-likeness (QED) is 0.659. The molecule has 1 aliphatic rings. The number of thiophene rings is 1. The third-order valence-corrected chi connectivity index (χ3v) is 6.18. The maximum absolute atomic E-state index is 12.4. The van der Waals surface area contributed by atoms with Crippen LogP contribution >= 0.6 is 27.3 Å². The highest BCUT2D eigenvalue weighted by molar-refractivity contribution is 9.10. The number of benzene rings is 1. The number of nitrogens with one attached hydrogen (secondary N) is 1. The van der Waals surface area contributed by atoms with Crippen molar-refractivity contribution in [2.45, 2.75) is 13.0 Å². The van der Waals surface area contributed by atoms with Gasteiger partial charge in [0.2, 0.25) is 0 Å². The number of H-pyrrole nitrogens is 1. The lowest BCUT2D eigenvalue weighted by atomic mass is 10.1. The number of aromatic amines is 1. The molecular weight excluding hydrogens is 404 g/mol. The molecular formula is C18H15BrN2O3S. The van der Waals surface area contributed by atoms with E-state index in [0.717, 1.165) is 17.3 Å². The number of carbonyl (C=O) groups excluding carboxylic acids is 2. The van der Waals surface area contributed by atoms with E-state index in [4.69, 9.17) is 4.74 Å². The van der Waals surface area contributed by atoms with Gasteiger partial charge in [-0.2, -0.15) is 0 Å². The first-order valence-electron chi connectivity index (χ1n) is 7.90. The molecule has 25 heavy (non-hydrogen) atoms. The SMILES string of the molecule is O=C(OCC(=O)N1CCc2sccc2C1)c1[nH]c2ccccc2c1Br. The number of amides is 1. The number of ether oxygens (including phenoxy) is 1. The summed E-state index contributed by atoms with van der Waals surface area (Å²) in [6.07, 6.45) is 0.861. The van der Waals surface area contributed by atoms with Crippen molar-refractivity contribution in [1.82, 2.24) is 9.88 Å². The fraction of sp³-hybridized carbons (Fsp3) is 0.222. The molecule has 0 aliphatic carbocycles. The summed E-state index contributed by atoms with van der Waals surface area (Å²) < 4.78 is 5.89. The van der Waals surface area contributed by atoms with Crippen molar-refractivity contribution in [1.29, 1.82) is 0 Å². The van der Waals surface area contributed by atoms with Gasteiger partial charge in [-0.15, -0.1) is 11.3 Å². The number of carbonyl (C=O) groups is 2. The van der Waals surface area contributed by atoms with Gasteiger partial charge in [0.25, 0.3) is 5.91 Å². The Morgan fingerprint density at radius 2 is 2.12 bits per heavy atom. The Morgan fingerprint density at radius 3 is 2.96 bits per heavy atom. The van der Waals surface area contributed by atoms with Crippen LogP contribution in [0.25, 0.3) is 10.9 Å². The second kappa shape index (κ2) is 6.65. The Balaban J connectivity index is 1.41. The fourth-order valence-electron chi connectivity index (χ4n) is 3.00. The molecule has 0 bridgehead atoms. The molecule has 3 aromatic rings. The summed E-state index contributed by atoms with van der Waals surface area (Å²) in [6, 6.07) is 9.62. The second-order valence-electron chi connectivity index (χ2n) is 5.87. The zero-order valence-corrected chi connectivity index (χ0v) is 15.7. The molecule has 3 heterocycles. The Hall–Kier alpha value is -2.12. The van der Waals surface area contributed by atoms with Crippen molar-refractivity contribution < 1.29 is 14.3 Å². The van der Waals surface area contributed by atoms with Crippen molar-refractivity contribution in [3.8, 4) is 0 Å². The molecule has 4 rings (SSSR count). The molecule has 7 heteroatoms. The first-order chi connectivity index (χ1) is 12.1. The second-order valence-corrected chi connectivity index (χ2v) is 7.66. The summed E-state index contributed by atoms with van der Waals surface area (Å²) in [7, 11) is 0. The summed E-state index contributed by atoms with van der Waals surface area (Å²) in [6.45, 7) is 1.01. The van der Waals surface area contributed by atoms with Gasteiger partial charge in [0.05, 0.1) is 4.47 Å². The molecule has 0 unspecified atom stereocenters. The third-order valence-electron chi connectivity index (χ3n) is 4.33. The van der Waals surface area contributed by atoms with Crippen LogP contribution in [0.2, 0.25) is 0 Å². The van der Waals surface area contributed by atoms with Crippen LogP contribution in [0.15, 0.2) is 40.2 Å². The molecule has 1 N–H and O–H groups in total. The van der Waals surface area contributed by atoms with Gasteiger partial charge in [0, 0.05) is 28.9 Å². The molecule has 1 aliphatic heterocycles. The Kier molecular flexibility index (Phi) is 4.35. The van der Waals surface area contributed by atoms with E-state index >= 15 is 0 Å². The summed E-state index contributed by atoms with van der Waals surface area (Å²) in [5.41, 5.74) is 2.36. The first kappa shape index (κ1) is 16.4. The van der Waals surface area contributed by atoms with Crippen molar-refractivity contribution in [3.63, 3.8) is 0 Å². The zero-order valence-electron chi connectivity index (χ0n) is 13.3. The van der Waals surface area contributed by atoms with E-state index in [2.05, 4.69) is 20.9 Å². The molecule has 0 saturated heterocycles. The number of hydrogen-bond donors (Lipinski definition) is 1. The molecule has 0 spiro atoms. The number of esters is 1. The van der Waals surface area contributed by atoms with Crippen LogP contribution in [-0.2, 0) is 22.5 Å². The highest BCUT2D eigenvalue weighted by atomic mass is 79.9. The lowest BCUT2D eigenvalue weighted by Gasteiger charge is -2.26. The molecule has 1 aromatic carbocycles. The lowest BCUT2D eigenvalue weighted by Crippen LogP contribution is -2.38. The van der Waals surface area contributed by atoms with Crippen molar-refractivity contribution >= 4 is 50.0 Å². The van der Waals surface area contributed by atoms with Crippen LogP contribution in [0.3, 0.4) is 0 Å². The van der Waals surface area contributed by atoms with Gasteiger partial charge in [-0.3, -0.25) is 4.79 Å². The van der Waals surface area contributed by atoms with Crippen LogP contribution in [0, 0.1) is 0 Å². The molecule has 1 amide bonds. The van der Waals surface area contributed by atoms with E-state index in [0.29, 0.717) is 23.3 Å². The molecule has 5 nitrogen and oxygen atoms in total. The monoisotopic (exact) mass is 418 g/mol. The van der Waals surface area contributed by atoms with Crippen molar-refractivity contribution in [2.75, 3.05) is 13.2 Å². The maximum atomic E-state index is 12.4. The van der Waals surface area contributed by atoms with Crippen LogP contribution in [-0.4, -0.2) is 34.9 Å². The van der Waals surface area contributed by atoms with E-state index in [1.54, 1.807) is 16.2 Å². The Labute approximate surface area is 156 Å². The van der Waals surface area contributed by atoms with E-state index in [-0.39, 0.29) is 12.5 Å². The van der Waals surface area contributed by atoms with Gasteiger partial charge < -0.3 is 14.6 Å². The van der Waals surface area contributed by atoms with Gasteiger partial charge in [-0.05, 0) is 45.4 Å². The Bertz CT molecular complexity index is 962. The number of para-hydroxylation sites is 1. The normalized spacial score (nSPS) is 13.7. The van der Waals surface area contributed by atoms with Crippen LogP contribution < -0.4 is 0 Å². The number of fused-ring (bicyclic) bond motifs is 2. The number of halogens is 1. The molecule has 0 atom stereocenters. The summed E-state index contributed by atoms with van der Waals surface area (Å²) >= 11 is 5.15. The topological polar surface area (TPSA) is 62.4 Å². The minimum Gasteiger partial charge on any atom is -0.451 e. The van der Waals surface area contributed by atoms with Gasteiger partial charge in [-0.1, -0.05) is 18.2 Å². The predicted molar refractivity (Wildman–Crippen MR) is 99.7 cm³/mol. The van der Waals surface area contributed by atoms with Crippen molar-refractivity contribution in [2.24, 2.45) is 0 Å². The zero-order chi connectivity index (χ0) is 17.4. The molecule has 128 valence electrons. The summed E-state index contributed by atoms with van der Waals surface area (Å²) in [5.74, 6) is -0.706. The smallest absolute Gasteiger partial charge is 0.356 e. The average Bonchev–Trinajstić information content (AvgIpc) is 3.23. The van der Waals surface area contributed by atoms with Gasteiger partial charge >= 0.3 is 5.97 Å². The molecule has 0 saturated carbocycles. The van der Waals surface area contributed by atoms with E-state index in [1.807, 2.05) is 35.7 Å². The minimum atomic E-state index is -0.537. The van der Waals surface area contributed by atoms with Gasteiger partial charge in [0.15, 0.2) is 6.61 Å². The van der Waals surface area contributed by atoms with Gasteiger partial charge in [-0.25, -0.2) is 4.79 Å². The number of aromatic nitrogens is 1. The molecule has 0 fully saturated rings. The maximum Gasteiger partial charge on any atom is 0.356 e. The van der Waals surface area contributed by atoms with Gasteiger partial charge in [0.1, 0.15) is 5.69 Å². The number of nitrogens with zero attached hydrogens (tertiary/aromatic N) is 1. The van der Waals surface area contributed by atoms with Crippen molar-refractivity contribution in [3.05, 3.63) is 56.3 Å². The highest BCUT2D eigenvalue weighted by Crippen LogP contribution is 2.28. The van der Waals surface area contributed by atoms with Crippen LogP contribution in [0.1, 0.15) is 20.9 Å². The van der Waals surface area contributed by atoms with E-state index in [1.165, 1.54) is 10.4 Å². The standard InChI is InChI=1S/C18H15BrN2O3S/c19-16-12-3-1-2-4-13(12)20-17(16)18(23)24-10-15(22)21-7-5-14-11(9-21)6-8-25-14/h1-4,6,8,20H,5,7,9-10H2. The summed E-state index contributed by atoms with van der Waals surface area (Å²) in [4.78, 5) is 30.8. The molecule has 0 radical (unpaired) electrons. The predicted octanol–water partition coefficient (Wildman–Crippen LogP) is 3.73. The average molecular weight is 419 g/mol. The lowest BCUT2D eigenvalue weighted by molar-refractivity contribution is -0.135. The van der Waals surface area contributed by atoms with Crippen LogP contribution in [0.5, 0.6) is 0 Å². The summed E-state index contributed by atoms with van der Waals surface area (Å²) in [5, 5.41) is 2.95. The van der Waals surface area contributed by atoms with Crippen LogP contribution in [0.4, 0.5) is 0 Å². The van der Waals surface area contributed by atoms with E-state index in [9.17, 15) is 9.59 Å². The molecule has 2 aromatic heterocycles. The Morgan fingerprint density at radius 1 is 1.28 bits per heavy atom. The largest absolute Gasteiger partial charge is 0.451 e. The fourth-order valence-corrected chi connectivity index (χ4v) is 4.50.